The molecule has 1 saturated heterocycles. The first-order valence-electron chi connectivity index (χ1n) is 10.5. The van der Waals surface area contributed by atoms with Crippen molar-refractivity contribution in [3.63, 3.8) is 0 Å². The Morgan fingerprint density at radius 3 is 2.89 bits per heavy atom. The minimum absolute atomic E-state index is 0.0618. The molecule has 1 aromatic carbocycles. The summed E-state index contributed by atoms with van der Waals surface area (Å²) in [4.78, 5) is 12.8. The second-order valence-corrected chi connectivity index (χ2v) is 8.55. The molecule has 0 saturated carbocycles. The minimum atomic E-state index is -0.159. The fraction of sp³-hybridized carbons (Fsp3) is 0.545. The van der Waals surface area contributed by atoms with Crippen molar-refractivity contribution in [2.45, 2.75) is 70.6 Å². The summed E-state index contributed by atoms with van der Waals surface area (Å²) in [6, 6.07) is 10.7. The maximum Gasteiger partial charge on any atom is 0.239 e. The molecule has 28 heavy (non-hydrogen) atoms. The number of carbonyl (C=O) groups excluding carboxylic acids is 1. The molecule has 150 valence electrons. The summed E-state index contributed by atoms with van der Waals surface area (Å²) >= 11 is 0. The van der Waals surface area contributed by atoms with Gasteiger partial charge in [-0.05, 0) is 43.6 Å². The lowest BCUT2D eigenvalue weighted by Gasteiger charge is -2.25. The van der Waals surface area contributed by atoms with E-state index in [-0.39, 0.29) is 18.0 Å². The van der Waals surface area contributed by atoms with Crippen LogP contribution in [0.4, 0.5) is 0 Å². The molecule has 2 aromatic rings. The highest BCUT2D eigenvalue weighted by Gasteiger charge is 2.32. The Kier molecular flexibility index (Phi) is 5.78. The summed E-state index contributed by atoms with van der Waals surface area (Å²) in [6.07, 6.45) is 6.95. The molecule has 2 aliphatic rings. The van der Waals surface area contributed by atoms with Gasteiger partial charge >= 0.3 is 0 Å². The molecule has 3 unspecified atom stereocenters. The van der Waals surface area contributed by atoms with Crippen molar-refractivity contribution in [2.24, 2.45) is 5.92 Å². The van der Waals surface area contributed by atoms with Crippen molar-refractivity contribution < 1.29 is 4.79 Å². The van der Waals surface area contributed by atoms with Crippen molar-refractivity contribution in [1.82, 2.24) is 25.9 Å². The first-order valence-corrected chi connectivity index (χ1v) is 10.5. The Hall–Kier alpha value is -2.18. The molecule has 1 amide bonds. The number of nitrogens with one attached hydrogen (secondary N) is 3. The van der Waals surface area contributed by atoms with E-state index in [0.29, 0.717) is 12.0 Å². The third-order valence-electron chi connectivity index (χ3n) is 5.81. The lowest BCUT2D eigenvalue weighted by molar-refractivity contribution is -0.123. The number of amides is 1. The van der Waals surface area contributed by atoms with Crippen molar-refractivity contribution in [1.29, 1.82) is 0 Å². The zero-order chi connectivity index (χ0) is 19.5. The van der Waals surface area contributed by atoms with Crippen LogP contribution >= 0.6 is 0 Å². The van der Waals surface area contributed by atoms with E-state index in [4.69, 9.17) is 0 Å². The topological polar surface area (TPSA) is 71.0 Å². The Morgan fingerprint density at radius 1 is 1.29 bits per heavy atom. The van der Waals surface area contributed by atoms with Crippen LogP contribution in [0.3, 0.4) is 0 Å². The van der Waals surface area contributed by atoms with E-state index in [2.05, 4.69) is 64.1 Å². The molecule has 6 nitrogen and oxygen atoms in total. The van der Waals surface area contributed by atoms with Crippen molar-refractivity contribution in [3.05, 3.63) is 53.3 Å². The van der Waals surface area contributed by atoms with Crippen molar-refractivity contribution >= 4 is 5.91 Å². The molecule has 4 rings (SSSR count). The van der Waals surface area contributed by atoms with Crippen LogP contribution in [-0.4, -0.2) is 27.8 Å². The smallest absolute Gasteiger partial charge is 0.239 e. The second kappa shape index (κ2) is 8.45. The van der Waals surface area contributed by atoms with Crippen LogP contribution in [0.15, 0.2) is 36.5 Å². The van der Waals surface area contributed by atoms with E-state index < -0.39 is 0 Å². The highest BCUT2D eigenvalue weighted by molar-refractivity contribution is 5.82. The van der Waals surface area contributed by atoms with Crippen LogP contribution < -0.4 is 16.2 Å². The fourth-order valence-corrected chi connectivity index (χ4v) is 4.45. The van der Waals surface area contributed by atoms with E-state index in [0.717, 1.165) is 38.6 Å². The second-order valence-electron chi connectivity index (χ2n) is 8.55. The molecule has 6 heteroatoms. The summed E-state index contributed by atoms with van der Waals surface area (Å²) < 4.78 is 2.09. The van der Waals surface area contributed by atoms with Gasteiger partial charge < -0.3 is 5.32 Å². The summed E-state index contributed by atoms with van der Waals surface area (Å²) in [5, 5.41) is 7.90. The molecule has 2 heterocycles. The van der Waals surface area contributed by atoms with Gasteiger partial charge in [-0.25, -0.2) is 5.43 Å². The van der Waals surface area contributed by atoms with Gasteiger partial charge in [0, 0.05) is 17.3 Å². The molecular weight excluding hydrogens is 350 g/mol. The van der Waals surface area contributed by atoms with Crippen molar-refractivity contribution in [3.8, 4) is 0 Å². The largest absolute Gasteiger partial charge is 0.348 e. The summed E-state index contributed by atoms with van der Waals surface area (Å²) in [5.41, 5.74) is 10.1. The monoisotopic (exact) mass is 381 g/mol. The van der Waals surface area contributed by atoms with Gasteiger partial charge in [-0.15, -0.1) is 0 Å². The fourth-order valence-electron chi connectivity index (χ4n) is 4.45. The van der Waals surface area contributed by atoms with Crippen molar-refractivity contribution in [2.75, 3.05) is 0 Å². The zero-order valence-corrected chi connectivity index (χ0v) is 16.8. The standard InChI is InChI=1S/C22H31N5O/c1-15(2)11-17-12-20(26-25-17)22(28)24-19-9-6-10-21-18(19)13-23-27(21)14-16-7-4-3-5-8-16/h3-5,7-8,13,15,17,19-20,25-26H,6,9-12,14H2,1-2H3,(H,24,28). The van der Waals surface area contributed by atoms with E-state index in [1.807, 2.05) is 12.3 Å². The maximum absolute atomic E-state index is 12.8. The Balaban J connectivity index is 1.40. The lowest BCUT2D eigenvalue weighted by Crippen LogP contribution is -2.45. The van der Waals surface area contributed by atoms with Crippen LogP contribution in [0.2, 0.25) is 0 Å². The van der Waals surface area contributed by atoms with Gasteiger partial charge in [-0.1, -0.05) is 44.2 Å². The molecule has 0 spiro atoms. The van der Waals surface area contributed by atoms with Crippen LogP contribution in [-0.2, 0) is 17.8 Å². The normalized spacial score (nSPS) is 24.3. The molecule has 3 atom stereocenters. The average molecular weight is 382 g/mol. The van der Waals surface area contributed by atoms with Gasteiger partial charge in [0.2, 0.25) is 5.91 Å². The predicted molar refractivity (Wildman–Crippen MR) is 110 cm³/mol. The van der Waals surface area contributed by atoms with Gasteiger partial charge in [0.15, 0.2) is 0 Å². The molecule has 1 aliphatic heterocycles. The number of hydrogen-bond donors (Lipinski definition) is 3. The number of nitrogens with zero attached hydrogens (tertiary/aromatic N) is 2. The predicted octanol–water partition coefficient (Wildman–Crippen LogP) is 2.71. The van der Waals surface area contributed by atoms with Gasteiger partial charge in [-0.2, -0.15) is 5.10 Å². The van der Waals surface area contributed by atoms with E-state index >= 15 is 0 Å². The van der Waals surface area contributed by atoms with Gasteiger partial charge in [-0.3, -0.25) is 14.9 Å². The third-order valence-corrected chi connectivity index (χ3v) is 5.81. The molecule has 0 radical (unpaired) electrons. The molecule has 3 N–H and O–H groups in total. The number of carbonyl (C=O) groups is 1. The average Bonchev–Trinajstić information content (AvgIpc) is 3.30. The van der Waals surface area contributed by atoms with Gasteiger partial charge in [0.05, 0.1) is 18.8 Å². The van der Waals surface area contributed by atoms with Crippen LogP contribution in [0.1, 0.15) is 62.4 Å². The first kappa shape index (κ1) is 19.2. The zero-order valence-electron chi connectivity index (χ0n) is 16.8. The molecule has 0 bridgehead atoms. The first-order chi connectivity index (χ1) is 13.6. The van der Waals surface area contributed by atoms with Crippen LogP contribution in [0.25, 0.3) is 0 Å². The number of hydrogen-bond acceptors (Lipinski definition) is 4. The quantitative estimate of drug-likeness (QED) is 0.720. The minimum Gasteiger partial charge on any atom is -0.348 e. The molecule has 1 aliphatic carbocycles. The summed E-state index contributed by atoms with van der Waals surface area (Å²) in [7, 11) is 0. The SMILES string of the molecule is CC(C)CC1CC(C(=O)NC2CCCc3c2cnn3Cc2ccccc2)NN1. The van der Waals surface area contributed by atoms with Gasteiger partial charge in [0.25, 0.3) is 0 Å². The number of fused-ring (bicyclic) bond motifs is 1. The number of aromatic nitrogens is 2. The van der Waals surface area contributed by atoms with Gasteiger partial charge in [0.1, 0.15) is 6.04 Å². The number of hydrazine groups is 1. The Bertz CT molecular complexity index is 801. The maximum atomic E-state index is 12.8. The van der Waals surface area contributed by atoms with E-state index in [9.17, 15) is 4.79 Å². The Labute approximate surface area is 167 Å². The number of benzene rings is 1. The van der Waals surface area contributed by atoms with E-state index in [1.54, 1.807) is 0 Å². The molecule has 1 aromatic heterocycles. The lowest BCUT2D eigenvalue weighted by atomic mass is 9.92. The molecular formula is C22H31N5O. The number of rotatable bonds is 6. The highest BCUT2D eigenvalue weighted by Crippen LogP contribution is 2.30. The Morgan fingerprint density at radius 2 is 2.11 bits per heavy atom. The third kappa shape index (κ3) is 4.28. The van der Waals surface area contributed by atoms with Crippen LogP contribution in [0, 0.1) is 5.92 Å². The summed E-state index contributed by atoms with van der Waals surface area (Å²) in [5.74, 6) is 0.713. The summed E-state index contributed by atoms with van der Waals surface area (Å²) in [6.45, 7) is 5.21. The molecule has 1 fully saturated rings. The highest BCUT2D eigenvalue weighted by atomic mass is 16.2. The van der Waals surface area contributed by atoms with Crippen LogP contribution in [0.5, 0.6) is 0 Å². The van der Waals surface area contributed by atoms with E-state index in [1.165, 1.54) is 16.8 Å².